The third-order valence-corrected chi connectivity index (χ3v) is 5.32. The zero-order valence-electron chi connectivity index (χ0n) is 19.1. The topological polar surface area (TPSA) is 205 Å². The lowest BCUT2D eigenvalue weighted by Crippen LogP contribution is -2.62. The first-order valence-corrected chi connectivity index (χ1v) is 11.2. The zero-order valence-corrected chi connectivity index (χ0v) is 19.1. The van der Waals surface area contributed by atoms with Crippen LogP contribution in [0.25, 0.3) is 0 Å². The zero-order chi connectivity index (χ0) is 26.0. The smallest absolute Gasteiger partial charge is 0.333 e. The number of carbonyl (C=O) groups excluding carboxylic acids is 1. The minimum absolute atomic E-state index is 0.673. The molecule has 2 saturated heterocycles. The SMILES string of the molecule is CCC=CCC=CC=CC(=O)OC1OC(CO)C(O)C(O)C1OOC1OC(CO)C(O)C(O)C1O. The molecule has 13 nitrogen and oxygen atoms in total. The molecule has 2 aliphatic rings. The number of hydrogen-bond acceptors (Lipinski definition) is 13. The molecule has 2 aliphatic heterocycles. The molecule has 0 aromatic heterocycles. The van der Waals surface area contributed by atoms with Gasteiger partial charge in [-0.05, 0) is 12.8 Å². The van der Waals surface area contributed by atoms with E-state index in [0.29, 0.717) is 6.42 Å². The lowest BCUT2D eigenvalue weighted by Gasteiger charge is -2.42. The predicted molar refractivity (Wildman–Crippen MR) is 116 cm³/mol. The van der Waals surface area contributed by atoms with Crippen molar-refractivity contribution >= 4 is 5.97 Å². The Balaban J connectivity index is 2.04. The van der Waals surface area contributed by atoms with E-state index >= 15 is 0 Å². The van der Waals surface area contributed by atoms with E-state index in [0.717, 1.165) is 12.5 Å². The molecular formula is C22H34O13. The summed E-state index contributed by atoms with van der Waals surface area (Å²) in [5.41, 5.74) is 0. The molecule has 10 unspecified atom stereocenters. The maximum absolute atomic E-state index is 12.2. The fourth-order valence-electron chi connectivity index (χ4n) is 3.31. The van der Waals surface area contributed by atoms with Gasteiger partial charge in [0.15, 0.2) is 6.10 Å². The molecule has 0 aromatic rings. The van der Waals surface area contributed by atoms with Gasteiger partial charge < -0.3 is 50.0 Å². The van der Waals surface area contributed by atoms with E-state index in [1.54, 1.807) is 12.2 Å². The van der Waals surface area contributed by atoms with E-state index in [4.69, 9.17) is 24.0 Å². The van der Waals surface area contributed by atoms with Crippen molar-refractivity contribution < 1.29 is 64.5 Å². The summed E-state index contributed by atoms with van der Waals surface area (Å²) in [5.74, 6) is -0.898. The Morgan fingerprint density at radius 3 is 2.03 bits per heavy atom. The second-order valence-electron chi connectivity index (χ2n) is 7.90. The summed E-state index contributed by atoms with van der Waals surface area (Å²) in [4.78, 5) is 22.2. The fourth-order valence-corrected chi connectivity index (χ4v) is 3.31. The third kappa shape index (κ3) is 8.13. The number of esters is 1. The summed E-state index contributed by atoms with van der Waals surface area (Å²) in [5, 5.41) is 68.9. The highest BCUT2D eigenvalue weighted by atomic mass is 17.2. The molecule has 0 aromatic carbocycles. The van der Waals surface area contributed by atoms with Gasteiger partial charge in [-0.25, -0.2) is 14.6 Å². The van der Waals surface area contributed by atoms with Crippen LogP contribution in [-0.4, -0.2) is 116 Å². The number of hydrogen-bond donors (Lipinski definition) is 7. The molecule has 2 heterocycles. The Kier molecular flexibility index (Phi) is 12.4. The first-order valence-electron chi connectivity index (χ1n) is 11.2. The highest BCUT2D eigenvalue weighted by Crippen LogP contribution is 2.27. The molecule has 2 rings (SSSR count). The van der Waals surface area contributed by atoms with Crippen LogP contribution in [0, 0.1) is 0 Å². The molecule has 35 heavy (non-hydrogen) atoms. The quantitative estimate of drug-likeness (QED) is 0.0389. The minimum atomic E-state index is -1.81. The van der Waals surface area contributed by atoms with Gasteiger partial charge in [-0.2, -0.15) is 0 Å². The molecule has 0 amide bonds. The summed E-state index contributed by atoms with van der Waals surface area (Å²) >= 11 is 0. The average Bonchev–Trinajstić information content (AvgIpc) is 2.85. The maximum Gasteiger partial charge on any atom is 0.333 e. The van der Waals surface area contributed by atoms with Gasteiger partial charge in [0.2, 0.25) is 12.6 Å². The van der Waals surface area contributed by atoms with Crippen LogP contribution in [0.5, 0.6) is 0 Å². The highest BCUT2D eigenvalue weighted by Gasteiger charge is 2.50. The van der Waals surface area contributed by atoms with Crippen LogP contribution in [0.1, 0.15) is 19.8 Å². The van der Waals surface area contributed by atoms with Crippen molar-refractivity contribution in [2.75, 3.05) is 13.2 Å². The number of ether oxygens (including phenoxy) is 3. The van der Waals surface area contributed by atoms with E-state index in [2.05, 4.69) is 0 Å². The molecule has 13 heteroatoms. The van der Waals surface area contributed by atoms with Gasteiger partial charge in [-0.15, -0.1) is 0 Å². The summed E-state index contributed by atoms with van der Waals surface area (Å²) in [7, 11) is 0. The molecular weight excluding hydrogens is 472 g/mol. The van der Waals surface area contributed by atoms with Crippen molar-refractivity contribution in [3.63, 3.8) is 0 Å². The minimum Gasteiger partial charge on any atom is -0.429 e. The third-order valence-electron chi connectivity index (χ3n) is 5.32. The Morgan fingerprint density at radius 2 is 1.40 bits per heavy atom. The van der Waals surface area contributed by atoms with Gasteiger partial charge in [-0.1, -0.05) is 37.3 Å². The lowest BCUT2D eigenvalue weighted by molar-refractivity contribution is -0.469. The van der Waals surface area contributed by atoms with E-state index in [1.165, 1.54) is 6.08 Å². The Labute approximate surface area is 202 Å². The van der Waals surface area contributed by atoms with Crippen molar-refractivity contribution in [3.8, 4) is 0 Å². The number of aliphatic hydroxyl groups excluding tert-OH is 7. The lowest BCUT2D eigenvalue weighted by atomic mass is 9.99. The van der Waals surface area contributed by atoms with Gasteiger partial charge in [0.1, 0.15) is 42.7 Å². The predicted octanol–water partition coefficient (Wildman–Crippen LogP) is -2.45. The molecule has 2 fully saturated rings. The van der Waals surface area contributed by atoms with Crippen LogP contribution in [0.15, 0.2) is 36.5 Å². The van der Waals surface area contributed by atoms with Crippen LogP contribution in [0.2, 0.25) is 0 Å². The normalized spacial score (nSPS) is 38.5. The van der Waals surface area contributed by atoms with Crippen molar-refractivity contribution in [3.05, 3.63) is 36.5 Å². The average molecular weight is 507 g/mol. The van der Waals surface area contributed by atoms with Crippen LogP contribution >= 0.6 is 0 Å². The molecule has 0 radical (unpaired) electrons. The molecule has 0 aliphatic carbocycles. The van der Waals surface area contributed by atoms with Crippen LogP contribution in [-0.2, 0) is 28.8 Å². The summed E-state index contributed by atoms with van der Waals surface area (Å²) < 4.78 is 15.6. The van der Waals surface area contributed by atoms with E-state index in [1.807, 2.05) is 19.1 Å². The molecule has 7 N–H and O–H groups in total. The van der Waals surface area contributed by atoms with E-state index in [9.17, 15) is 40.5 Å². The second kappa shape index (κ2) is 14.7. The number of rotatable bonds is 11. The number of aliphatic hydroxyl groups is 7. The van der Waals surface area contributed by atoms with Gasteiger partial charge in [-0.3, -0.25) is 0 Å². The van der Waals surface area contributed by atoms with Crippen molar-refractivity contribution in [2.24, 2.45) is 0 Å². The summed E-state index contributed by atoms with van der Waals surface area (Å²) in [6.45, 7) is 0.579. The van der Waals surface area contributed by atoms with Crippen molar-refractivity contribution in [1.29, 1.82) is 0 Å². The molecule has 0 spiro atoms. The Bertz CT molecular complexity index is 724. The van der Waals surface area contributed by atoms with Crippen molar-refractivity contribution in [1.82, 2.24) is 0 Å². The second-order valence-corrected chi connectivity index (χ2v) is 7.90. The maximum atomic E-state index is 12.2. The summed E-state index contributed by atoms with van der Waals surface area (Å²) in [6.07, 6.45) is -4.87. The molecule has 0 saturated carbocycles. The highest BCUT2D eigenvalue weighted by molar-refractivity contribution is 5.82. The van der Waals surface area contributed by atoms with Crippen molar-refractivity contribution in [2.45, 2.75) is 81.2 Å². The number of carbonyl (C=O) groups is 1. The van der Waals surface area contributed by atoms with Crippen LogP contribution < -0.4 is 0 Å². The molecule has 200 valence electrons. The van der Waals surface area contributed by atoms with Crippen LogP contribution in [0.3, 0.4) is 0 Å². The van der Waals surface area contributed by atoms with E-state index in [-0.39, 0.29) is 0 Å². The van der Waals surface area contributed by atoms with Gasteiger partial charge in [0.05, 0.1) is 13.2 Å². The van der Waals surface area contributed by atoms with Crippen LogP contribution in [0.4, 0.5) is 0 Å². The first kappa shape index (κ1) is 29.5. The first-order chi connectivity index (χ1) is 16.7. The fraction of sp³-hybridized carbons (Fsp3) is 0.682. The van der Waals surface area contributed by atoms with Gasteiger partial charge >= 0.3 is 5.97 Å². The number of allylic oxidation sites excluding steroid dienone is 5. The Hall–Kier alpha value is -1.75. The monoisotopic (exact) mass is 506 g/mol. The van der Waals surface area contributed by atoms with Gasteiger partial charge in [0.25, 0.3) is 0 Å². The Morgan fingerprint density at radius 1 is 0.771 bits per heavy atom. The molecule has 10 atom stereocenters. The van der Waals surface area contributed by atoms with E-state index < -0.39 is 80.6 Å². The molecule has 0 bridgehead atoms. The van der Waals surface area contributed by atoms with Gasteiger partial charge in [0, 0.05) is 6.08 Å². The standard InChI is InChI=1S/C22H34O13/c1-2-3-4-5-6-7-8-9-14(25)33-22-20(18(29)16(27)13(11-24)32-22)34-35-21-19(30)17(28)15(26)12(10-23)31-21/h3-4,6-9,12-13,15-24,26-30H,2,5,10-11H2,1H3. The largest absolute Gasteiger partial charge is 0.429 e. The summed E-state index contributed by atoms with van der Waals surface area (Å²) in [6, 6.07) is 0.